The Morgan fingerprint density at radius 3 is 2.71 bits per heavy atom. The number of carboxylic acids is 1. The molecule has 8 heteroatoms. The second-order valence-electron chi connectivity index (χ2n) is 4.52. The Morgan fingerprint density at radius 2 is 2.05 bits per heavy atom. The minimum absolute atomic E-state index is 0.157. The summed E-state index contributed by atoms with van der Waals surface area (Å²) in [4.78, 5) is 10.8. The number of furan rings is 1. The molecule has 2 heterocycles. The average molecular weight is 311 g/mol. The zero-order valence-corrected chi connectivity index (χ0v) is 11.4. The number of aromatic carboxylic acids is 1. The first-order chi connectivity index (χ1) is 9.89. The molecule has 0 saturated heterocycles. The van der Waals surface area contributed by atoms with E-state index >= 15 is 0 Å². The molecule has 2 aromatic rings. The number of rotatable bonds is 3. The summed E-state index contributed by atoms with van der Waals surface area (Å²) in [7, 11) is -4.04. The van der Waals surface area contributed by atoms with E-state index in [1.54, 1.807) is 0 Å². The smallest absolute Gasteiger partial charge is 0.371 e. The van der Waals surface area contributed by atoms with Gasteiger partial charge in [0.15, 0.2) is 0 Å². The third-order valence-electron chi connectivity index (χ3n) is 3.24. The van der Waals surface area contributed by atoms with Crippen molar-refractivity contribution < 1.29 is 27.1 Å². The molecular weight excluding hydrogens is 301 g/mol. The third kappa shape index (κ3) is 2.17. The monoisotopic (exact) mass is 311 g/mol. The van der Waals surface area contributed by atoms with Gasteiger partial charge in [0.2, 0.25) is 10.9 Å². The molecule has 0 radical (unpaired) electrons. The van der Waals surface area contributed by atoms with Gasteiger partial charge < -0.3 is 9.52 Å². The van der Waals surface area contributed by atoms with E-state index in [1.165, 1.54) is 12.1 Å². The predicted octanol–water partition coefficient (Wildman–Crippen LogP) is 1.87. The summed E-state index contributed by atoms with van der Waals surface area (Å²) in [5, 5.41) is 8.30. The molecule has 0 aliphatic carbocycles. The summed E-state index contributed by atoms with van der Waals surface area (Å²) in [6.45, 7) is 0.157. The Morgan fingerprint density at radius 1 is 1.29 bits per heavy atom. The van der Waals surface area contributed by atoms with Crippen LogP contribution in [0.5, 0.6) is 0 Å². The topological polar surface area (TPSA) is 87.8 Å². The fourth-order valence-corrected chi connectivity index (χ4v) is 3.67. The lowest BCUT2D eigenvalue weighted by Crippen LogP contribution is -2.28. The van der Waals surface area contributed by atoms with Crippen molar-refractivity contribution in [2.75, 3.05) is 10.8 Å². The number of nitrogens with zero attached hydrogens (tertiary/aromatic N) is 1. The van der Waals surface area contributed by atoms with Crippen molar-refractivity contribution in [1.82, 2.24) is 0 Å². The first kappa shape index (κ1) is 13.6. The van der Waals surface area contributed by atoms with E-state index in [4.69, 9.17) is 9.52 Å². The lowest BCUT2D eigenvalue weighted by atomic mass is 10.2. The summed E-state index contributed by atoms with van der Waals surface area (Å²) >= 11 is 0. The van der Waals surface area contributed by atoms with Gasteiger partial charge in [0, 0.05) is 6.54 Å². The highest BCUT2D eigenvalue weighted by Gasteiger charge is 2.33. The number of halogens is 1. The Bertz CT molecular complexity index is 827. The molecule has 0 unspecified atom stereocenters. The van der Waals surface area contributed by atoms with Gasteiger partial charge in [-0.15, -0.1) is 0 Å². The van der Waals surface area contributed by atoms with Crippen molar-refractivity contribution >= 4 is 21.7 Å². The second kappa shape index (κ2) is 4.59. The van der Waals surface area contributed by atoms with Gasteiger partial charge in [0.25, 0.3) is 10.0 Å². The number of sulfonamides is 1. The van der Waals surface area contributed by atoms with Crippen LogP contribution >= 0.6 is 0 Å². The van der Waals surface area contributed by atoms with Crippen LogP contribution in [0.25, 0.3) is 0 Å². The summed E-state index contributed by atoms with van der Waals surface area (Å²) < 4.78 is 44.1. The number of benzene rings is 1. The fourth-order valence-electron chi connectivity index (χ4n) is 2.26. The van der Waals surface area contributed by atoms with Crippen LogP contribution in [0.3, 0.4) is 0 Å². The Balaban J connectivity index is 2.04. The van der Waals surface area contributed by atoms with Crippen LogP contribution in [0.1, 0.15) is 16.1 Å². The molecule has 110 valence electrons. The Kier molecular flexibility index (Phi) is 2.98. The number of fused-ring (bicyclic) bond motifs is 1. The summed E-state index contributed by atoms with van der Waals surface area (Å²) in [5.74, 6) is -2.36. The standard InChI is InChI=1S/C13H10FNO5S/c14-9-2-1-8-5-6-15(10(8)7-9)21(18,19)12-4-3-11(20-12)13(16)17/h1-4,7H,5-6H2,(H,16,17). The van der Waals surface area contributed by atoms with Crippen LogP contribution in [0.2, 0.25) is 0 Å². The predicted molar refractivity (Wildman–Crippen MR) is 70.3 cm³/mol. The van der Waals surface area contributed by atoms with E-state index in [9.17, 15) is 17.6 Å². The molecule has 6 nitrogen and oxygen atoms in total. The Labute approximate surface area is 119 Å². The molecule has 21 heavy (non-hydrogen) atoms. The molecule has 0 bridgehead atoms. The first-order valence-corrected chi connectivity index (χ1v) is 7.48. The highest BCUT2D eigenvalue weighted by Crippen LogP contribution is 2.33. The molecule has 1 aromatic heterocycles. The summed E-state index contributed by atoms with van der Waals surface area (Å²) in [6, 6.07) is 6.09. The quantitative estimate of drug-likeness (QED) is 0.935. The summed E-state index contributed by atoms with van der Waals surface area (Å²) in [6.07, 6.45) is 0.460. The van der Waals surface area contributed by atoms with E-state index in [0.717, 1.165) is 22.5 Å². The molecule has 1 aliphatic rings. The van der Waals surface area contributed by atoms with E-state index in [2.05, 4.69) is 0 Å². The summed E-state index contributed by atoms with van der Waals surface area (Å²) in [5.41, 5.74) is 0.966. The minimum Gasteiger partial charge on any atom is -0.475 e. The second-order valence-corrected chi connectivity index (χ2v) is 6.32. The lowest BCUT2D eigenvalue weighted by Gasteiger charge is -2.17. The van der Waals surface area contributed by atoms with Crippen molar-refractivity contribution in [3.05, 3.63) is 47.5 Å². The molecule has 0 spiro atoms. The molecule has 0 atom stereocenters. The van der Waals surface area contributed by atoms with Crippen molar-refractivity contribution in [3.63, 3.8) is 0 Å². The van der Waals surface area contributed by atoms with E-state index in [0.29, 0.717) is 12.0 Å². The van der Waals surface area contributed by atoms with E-state index < -0.39 is 32.7 Å². The lowest BCUT2D eigenvalue weighted by molar-refractivity contribution is 0.0656. The molecule has 0 fully saturated rings. The number of carboxylic acid groups (broad SMARTS) is 1. The van der Waals surface area contributed by atoms with Crippen LogP contribution in [0.15, 0.2) is 39.8 Å². The van der Waals surface area contributed by atoms with Crippen LogP contribution < -0.4 is 4.31 Å². The Hall–Kier alpha value is -2.35. The van der Waals surface area contributed by atoms with Crippen LogP contribution in [0, 0.1) is 5.82 Å². The normalized spacial score (nSPS) is 14.2. The molecular formula is C13H10FNO5S. The zero-order chi connectivity index (χ0) is 15.2. The van der Waals surface area contributed by atoms with Gasteiger partial charge >= 0.3 is 5.97 Å². The first-order valence-electron chi connectivity index (χ1n) is 6.04. The number of hydrogen-bond donors (Lipinski definition) is 1. The molecule has 1 N–H and O–H groups in total. The number of anilines is 1. The van der Waals surface area contributed by atoms with Crippen LogP contribution in [-0.4, -0.2) is 26.0 Å². The molecule has 1 aromatic carbocycles. The molecule has 1 aliphatic heterocycles. The minimum atomic E-state index is -4.04. The van der Waals surface area contributed by atoms with Gasteiger partial charge in [-0.3, -0.25) is 4.31 Å². The molecule has 0 saturated carbocycles. The number of hydrogen-bond acceptors (Lipinski definition) is 4. The van der Waals surface area contributed by atoms with Gasteiger partial charge in [0.05, 0.1) is 5.69 Å². The van der Waals surface area contributed by atoms with Crippen molar-refractivity contribution in [2.24, 2.45) is 0 Å². The highest BCUT2D eigenvalue weighted by molar-refractivity contribution is 7.92. The van der Waals surface area contributed by atoms with Crippen molar-refractivity contribution in [2.45, 2.75) is 11.5 Å². The van der Waals surface area contributed by atoms with Gasteiger partial charge in [0.1, 0.15) is 5.82 Å². The van der Waals surface area contributed by atoms with Gasteiger partial charge in [-0.2, -0.15) is 8.42 Å². The SMILES string of the molecule is O=C(O)c1ccc(S(=O)(=O)N2CCc3ccc(F)cc32)o1. The van der Waals surface area contributed by atoms with Crippen molar-refractivity contribution in [3.8, 4) is 0 Å². The van der Waals surface area contributed by atoms with Crippen molar-refractivity contribution in [1.29, 1.82) is 0 Å². The van der Waals surface area contributed by atoms with E-state index in [-0.39, 0.29) is 12.2 Å². The zero-order valence-electron chi connectivity index (χ0n) is 10.6. The van der Waals surface area contributed by atoms with Gasteiger partial charge in [-0.1, -0.05) is 6.07 Å². The van der Waals surface area contributed by atoms with Gasteiger partial charge in [-0.05, 0) is 36.2 Å². The maximum atomic E-state index is 13.3. The third-order valence-corrected chi connectivity index (χ3v) is 4.92. The average Bonchev–Trinajstić information content (AvgIpc) is 3.05. The largest absolute Gasteiger partial charge is 0.475 e. The van der Waals surface area contributed by atoms with Gasteiger partial charge in [-0.25, -0.2) is 9.18 Å². The van der Waals surface area contributed by atoms with E-state index in [1.807, 2.05) is 0 Å². The molecule has 0 amide bonds. The fraction of sp³-hybridized carbons (Fsp3) is 0.154. The molecule has 3 rings (SSSR count). The van der Waals surface area contributed by atoms with Crippen LogP contribution in [0.4, 0.5) is 10.1 Å². The maximum absolute atomic E-state index is 13.3. The highest BCUT2D eigenvalue weighted by atomic mass is 32.2. The van der Waals surface area contributed by atoms with Crippen LogP contribution in [-0.2, 0) is 16.4 Å². The number of carbonyl (C=O) groups is 1. The maximum Gasteiger partial charge on any atom is 0.371 e.